The number of hydrogen-bond donors (Lipinski definition) is 1. The van der Waals surface area contributed by atoms with Crippen molar-refractivity contribution in [3.05, 3.63) is 42.5 Å². The summed E-state index contributed by atoms with van der Waals surface area (Å²) in [7, 11) is 0. The third-order valence-corrected chi connectivity index (χ3v) is 5.36. The normalized spacial score (nSPS) is 28.5. The van der Waals surface area contributed by atoms with Gasteiger partial charge in [-0.2, -0.15) is 0 Å². The van der Waals surface area contributed by atoms with Crippen LogP contribution in [0.5, 0.6) is 5.75 Å². The number of fused-ring (bicyclic) bond motifs is 1. The molecule has 3 fully saturated rings. The minimum absolute atomic E-state index is 0.322. The lowest BCUT2D eigenvalue weighted by molar-refractivity contribution is 0.0975. The molecule has 0 amide bonds. The second-order valence-electron chi connectivity index (χ2n) is 7.34. The minimum atomic E-state index is 0.322. The Morgan fingerprint density at radius 1 is 1.05 bits per heavy atom. The Morgan fingerprint density at radius 2 is 1.82 bits per heavy atom. The highest BCUT2D eigenvalue weighted by molar-refractivity contribution is 5.18. The van der Waals surface area contributed by atoms with E-state index in [0.717, 1.165) is 17.8 Å². The van der Waals surface area contributed by atoms with Gasteiger partial charge in [-0.25, -0.2) is 0 Å². The average molecular weight is 299 g/mol. The van der Waals surface area contributed by atoms with Crippen LogP contribution in [0.1, 0.15) is 38.5 Å². The van der Waals surface area contributed by atoms with E-state index in [2.05, 4.69) is 11.5 Å². The van der Waals surface area contributed by atoms with Gasteiger partial charge in [0.25, 0.3) is 0 Å². The number of phenols is 1. The zero-order valence-electron chi connectivity index (χ0n) is 13.6. The summed E-state index contributed by atoms with van der Waals surface area (Å²) in [6, 6.07) is 8.71. The van der Waals surface area contributed by atoms with E-state index in [-0.39, 0.29) is 0 Å². The van der Waals surface area contributed by atoms with Gasteiger partial charge < -0.3 is 10.0 Å². The molecule has 0 radical (unpaired) electrons. The molecule has 1 saturated heterocycles. The summed E-state index contributed by atoms with van der Waals surface area (Å²) < 4.78 is 0. The van der Waals surface area contributed by atoms with Crippen LogP contribution in [-0.2, 0) is 0 Å². The van der Waals surface area contributed by atoms with Gasteiger partial charge in [0.1, 0.15) is 5.75 Å². The number of para-hydroxylation sites is 1. The molecule has 0 aromatic heterocycles. The Hall–Kier alpha value is -1.28. The van der Waals surface area contributed by atoms with Crippen LogP contribution in [0.25, 0.3) is 0 Å². The minimum Gasteiger partial charge on any atom is -0.508 e. The molecule has 3 aliphatic rings. The molecule has 2 nitrogen and oxygen atoms in total. The third kappa shape index (κ3) is 4.61. The van der Waals surface area contributed by atoms with Crippen LogP contribution in [0.3, 0.4) is 0 Å². The van der Waals surface area contributed by atoms with E-state index in [1.165, 1.54) is 63.7 Å². The molecule has 1 aliphatic heterocycles. The van der Waals surface area contributed by atoms with E-state index >= 15 is 0 Å². The van der Waals surface area contributed by atoms with E-state index in [4.69, 9.17) is 5.11 Å². The fourth-order valence-corrected chi connectivity index (χ4v) is 3.87. The lowest BCUT2D eigenvalue weighted by atomic mass is 9.73. The van der Waals surface area contributed by atoms with Gasteiger partial charge in [0.2, 0.25) is 0 Å². The molecule has 4 rings (SSSR count). The van der Waals surface area contributed by atoms with Crippen molar-refractivity contribution in [1.29, 1.82) is 0 Å². The Balaban J connectivity index is 0.000000174. The van der Waals surface area contributed by atoms with Crippen molar-refractivity contribution in [1.82, 2.24) is 4.90 Å². The van der Waals surface area contributed by atoms with E-state index < -0.39 is 0 Å². The monoisotopic (exact) mass is 299 g/mol. The summed E-state index contributed by atoms with van der Waals surface area (Å²) in [5.41, 5.74) is 1.52. The summed E-state index contributed by atoms with van der Waals surface area (Å²) in [6.07, 6.45) is 8.50. The Kier molecular flexibility index (Phi) is 5.20. The van der Waals surface area contributed by atoms with Gasteiger partial charge in [0.15, 0.2) is 0 Å². The van der Waals surface area contributed by atoms with E-state index in [1.807, 2.05) is 6.07 Å². The maximum absolute atomic E-state index is 8.63. The number of benzene rings is 1. The smallest absolute Gasteiger partial charge is 0.115 e. The number of piperidine rings is 1. The molecular formula is C20H29NO. The van der Waals surface area contributed by atoms with Gasteiger partial charge in [-0.3, -0.25) is 0 Å². The van der Waals surface area contributed by atoms with Crippen LogP contribution >= 0.6 is 0 Å². The van der Waals surface area contributed by atoms with Gasteiger partial charge in [-0.1, -0.05) is 30.4 Å². The number of allylic oxidation sites excluding steroid dienone is 1. The highest BCUT2D eigenvalue weighted by Gasteiger charge is 2.34. The molecule has 0 bridgehead atoms. The van der Waals surface area contributed by atoms with Crippen LogP contribution in [0, 0.1) is 17.8 Å². The maximum atomic E-state index is 8.63. The summed E-state index contributed by atoms with van der Waals surface area (Å²) in [5.74, 6) is 3.38. The van der Waals surface area contributed by atoms with Gasteiger partial charge >= 0.3 is 0 Å². The lowest BCUT2D eigenvalue weighted by Crippen LogP contribution is -2.42. The molecule has 2 saturated carbocycles. The van der Waals surface area contributed by atoms with Crippen molar-refractivity contribution in [3.63, 3.8) is 0 Å². The van der Waals surface area contributed by atoms with Gasteiger partial charge in [-0.05, 0) is 75.0 Å². The molecule has 0 spiro atoms. The molecule has 120 valence electrons. The van der Waals surface area contributed by atoms with E-state index in [9.17, 15) is 0 Å². The fraction of sp³-hybridized carbons (Fsp3) is 0.600. The molecule has 2 aliphatic carbocycles. The van der Waals surface area contributed by atoms with Crippen molar-refractivity contribution in [2.24, 2.45) is 17.8 Å². The molecule has 1 aromatic rings. The highest BCUT2D eigenvalue weighted by Crippen LogP contribution is 2.39. The van der Waals surface area contributed by atoms with Crippen molar-refractivity contribution in [2.75, 3.05) is 19.6 Å². The molecular weight excluding hydrogens is 270 g/mol. The Bertz CT molecular complexity index is 480. The molecule has 2 unspecified atom stereocenters. The van der Waals surface area contributed by atoms with E-state index in [1.54, 1.807) is 24.3 Å². The first kappa shape index (κ1) is 15.6. The average Bonchev–Trinajstić information content (AvgIpc) is 3.33. The van der Waals surface area contributed by atoms with Crippen LogP contribution in [0.15, 0.2) is 42.5 Å². The summed E-state index contributed by atoms with van der Waals surface area (Å²) in [5, 5.41) is 8.63. The zero-order valence-corrected chi connectivity index (χ0v) is 13.6. The van der Waals surface area contributed by atoms with Crippen LogP contribution in [0.4, 0.5) is 0 Å². The largest absolute Gasteiger partial charge is 0.508 e. The van der Waals surface area contributed by atoms with Crippen molar-refractivity contribution >= 4 is 0 Å². The fourth-order valence-electron chi connectivity index (χ4n) is 3.87. The lowest BCUT2D eigenvalue weighted by Gasteiger charge is -2.42. The maximum Gasteiger partial charge on any atom is 0.115 e. The van der Waals surface area contributed by atoms with Crippen molar-refractivity contribution < 1.29 is 5.11 Å². The first-order valence-corrected chi connectivity index (χ1v) is 8.83. The van der Waals surface area contributed by atoms with E-state index in [0.29, 0.717) is 5.75 Å². The van der Waals surface area contributed by atoms with Gasteiger partial charge in [0.05, 0.1) is 0 Å². The Labute approximate surface area is 134 Å². The standard InChI is InChI=1S/C14H23N.C6H6O/c1-11-2-5-14-10-15(9-12-3-4-12)7-6-13(14)8-11;7-6-4-2-1-3-5-6/h12-14H,1-10H2;1-5,7H. The molecule has 22 heavy (non-hydrogen) atoms. The summed E-state index contributed by atoms with van der Waals surface area (Å²) in [4.78, 5) is 2.74. The molecule has 2 atom stereocenters. The number of aromatic hydroxyl groups is 1. The molecule has 1 aromatic carbocycles. The zero-order chi connectivity index (χ0) is 15.4. The second kappa shape index (κ2) is 7.32. The summed E-state index contributed by atoms with van der Waals surface area (Å²) in [6.45, 7) is 8.34. The molecule has 1 heterocycles. The number of phenolic OH excluding ortho intramolecular Hbond substituents is 1. The van der Waals surface area contributed by atoms with Crippen LogP contribution in [0.2, 0.25) is 0 Å². The number of hydrogen-bond acceptors (Lipinski definition) is 2. The van der Waals surface area contributed by atoms with Gasteiger partial charge in [-0.15, -0.1) is 0 Å². The predicted octanol–water partition coefficient (Wildman–Crippen LogP) is 4.47. The van der Waals surface area contributed by atoms with Crippen molar-refractivity contribution in [2.45, 2.75) is 38.5 Å². The van der Waals surface area contributed by atoms with Crippen molar-refractivity contribution in [3.8, 4) is 5.75 Å². The van der Waals surface area contributed by atoms with Crippen LogP contribution in [-0.4, -0.2) is 29.6 Å². The number of nitrogens with zero attached hydrogens (tertiary/aromatic N) is 1. The quantitative estimate of drug-likeness (QED) is 0.815. The predicted molar refractivity (Wildman–Crippen MR) is 91.9 cm³/mol. The summed E-state index contributed by atoms with van der Waals surface area (Å²) >= 11 is 0. The highest BCUT2D eigenvalue weighted by atomic mass is 16.3. The molecule has 1 N–H and O–H groups in total. The SMILES string of the molecule is C=C1CCC2CN(CC3CC3)CCC2C1.Oc1ccccc1. The number of rotatable bonds is 2. The first-order valence-electron chi connectivity index (χ1n) is 8.83. The number of likely N-dealkylation sites (tertiary alicyclic amines) is 1. The molecule has 2 heteroatoms. The topological polar surface area (TPSA) is 23.5 Å². The van der Waals surface area contributed by atoms with Gasteiger partial charge in [0, 0.05) is 13.1 Å². The third-order valence-electron chi connectivity index (χ3n) is 5.36. The first-order chi connectivity index (χ1) is 10.7. The van der Waals surface area contributed by atoms with Crippen LogP contribution < -0.4 is 0 Å². The second-order valence-corrected chi connectivity index (χ2v) is 7.34. The Morgan fingerprint density at radius 3 is 2.45 bits per heavy atom.